The first-order chi connectivity index (χ1) is 11.8. The molecule has 0 saturated heterocycles. The Morgan fingerprint density at radius 1 is 1.16 bits per heavy atom. The topological polar surface area (TPSA) is 50.4 Å². The molecule has 1 amide bonds. The summed E-state index contributed by atoms with van der Waals surface area (Å²) >= 11 is 0. The van der Waals surface area contributed by atoms with E-state index in [-0.39, 0.29) is 11.6 Å². The minimum atomic E-state index is -0.481. The van der Waals surface area contributed by atoms with Gasteiger partial charge in [-0.3, -0.25) is 0 Å². The SMILES string of the molecule is CCC(CC)(CNC(c1ccccc1)C1CC1)NC(=O)OC(C)(C)C. The molecule has 1 aromatic carbocycles. The molecule has 0 spiro atoms. The Hall–Kier alpha value is -1.55. The molecule has 1 atom stereocenters. The minimum Gasteiger partial charge on any atom is -0.444 e. The van der Waals surface area contributed by atoms with Crippen LogP contribution in [0.15, 0.2) is 30.3 Å². The highest BCUT2D eigenvalue weighted by Gasteiger charge is 2.36. The van der Waals surface area contributed by atoms with Crippen LogP contribution in [0.4, 0.5) is 4.79 Å². The van der Waals surface area contributed by atoms with Crippen molar-refractivity contribution in [3.8, 4) is 0 Å². The van der Waals surface area contributed by atoms with Gasteiger partial charge in [0.1, 0.15) is 5.60 Å². The van der Waals surface area contributed by atoms with E-state index in [4.69, 9.17) is 4.74 Å². The third-order valence-electron chi connectivity index (χ3n) is 5.03. The average Bonchev–Trinajstić information content (AvgIpc) is 3.38. The number of alkyl carbamates (subject to hydrolysis) is 1. The van der Waals surface area contributed by atoms with Gasteiger partial charge in [-0.05, 0) is 57.9 Å². The quantitative estimate of drug-likeness (QED) is 0.710. The molecule has 2 rings (SSSR count). The van der Waals surface area contributed by atoms with Crippen molar-refractivity contribution in [3.05, 3.63) is 35.9 Å². The predicted octanol–water partition coefficient (Wildman–Crippen LogP) is 4.81. The number of carbonyl (C=O) groups is 1. The zero-order valence-electron chi connectivity index (χ0n) is 16.4. The Kier molecular flexibility index (Phi) is 6.50. The Morgan fingerprint density at radius 2 is 1.76 bits per heavy atom. The van der Waals surface area contributed by atoms with Crippen molar-refractivity contribution in [2.45, 2.75) is 77.5 Å². The highest BCUT2D eigenvalue weighted by molar-refractivity contribution is 5.68. The average molecular weight is 347 g/mol. The third kappa shape index (κ3) is 6.03. The van der Waals surface area contributed by atoms with Crippen LogP contribution in [0.5, 0.6) is 0 Å². The van der Waals surface area contributed by atoms with Crippen molar-refractivity contribution in [2.24, 2.45) is 5.92 Å². The number of hydrogen-bond acceptors (Lipinski definition) is 3. The van der Waals surface area contributed by atoms with Crippen molar-refractivity contribution in [2.75, 3.05) is 6.54 Å². The molecule has 0 bridgehead atoms. The summed E-state index contributed by atoms with van der Waals surface area (Å²) in [4.78, 5) is 12.3. The molecule has 0 aliphatic heterocycles. The minimum absolute atomic E-state index is 0.287. The lowest BCUT2D eigenvalue weighted by Gasteiger charge is -2.35. The second-order valence-corrected chi connectivity index (χ2v) is 8.22. The number of rotatable bonds is 8. The van der Waals surface area contributed by atoms with E-state index in [9.17, 15) is 4.79 Å². The lowest BCUT2D eigenvalue weighted by atomic mass is 9.91. The van der Waals surface area contributed by atoms with E-state index >= 15 is 0 Å². The Bertz CT molecular complexity index is 543. The Balaban J connectivity index is 2.03. The maximum Gasteiger partial charge on any atom is 0.408 e. The standard InChI is InChI=1S/C21H34N2O2/c1-6-21(7-2,23-19(24)25-20(3,4)5)15-22-18(17-13-14-17)16-11-9-8-10-12-16/h8-12,17-18,22H,6-7,13-15H2,1-5H3,(H,23,24). The Labute approximate surface area is 152 Å². The first kappa shape index (κ1) is 19.8. The first-order valence-electron chi connectivity index (χ1n) is 9.58. The number of ether oxygens (including phenoxy) is 1. The van der Waals surface area contributed by atoms with Crippen molar-refractivity contribution < 1.29 is 9.53 Å². The van der Waals surface area contributed by atoms with E-state index in [1.807, 2.05) is 20.8 Å². The van der Waals surface area contributed by atoms with Gasteiger partial charge in [0.05, 0.1) is 5.54 Å². The smallest absolute Gasteiger partial charge is 0.408 e. The molecule has 1 aliphatic rings. The molecule has 1 fully saturated rings. The monoisotopic (exact) mass is 346 g/mol. The number of amides is 1. The van der Waals surface area contributed by atoms with E-state index in [0.717, 1.165) is 19.4 Å². The molecule has 0 aromatic heterocycles. The van der Waals surface area contributed by atoms with Gasteiger partial charge in [0.25, 0.3) is 0 Å². The summed E-state index contributed by atoms with van der Waals surface area (Å²) in [6, 6.07) is 11.0. The predicted molar refractivity (Wildman–Crippen MR) is 103 cm³/mol. The molecule has 0 heterocycles. The molecular weight excluding hydrogens is 312 g/mol. The van der Waals surface area contributed by atoms with Gasteiger partial charge in [-0.25, -0.2) is 4.79 Å². The molecule has 4 nitrogen and oxygen atoms in total. The van der Waals surface area contributed by atoms with Gasteiger partial charge in [-0.1, -0.05) is 44.2 Å². The molecule has 1 aliphatic carbocycles. The molecule has 4 heteroatoms. The second-order valence-electron chi connectivity index (χ2n) is 8.22. The fourth-order valence-corrected chi connectivity index (χ4v) is 3.19. The lowest BCUT2D eigenvalue weighted by Crippen LogP contribution is -2.55. The van der Waals surface area contributed by atoms with Gasteiger partial charge < -0.3 is 15.4 Å². The Morgan fingerprint density at radius 3 is 2.24 bits per heavy atom. The van der Waals surface area contributed by atoms with Gasteiger partial charge in [-0.15, -0.1) is 0 Å². The van der Waals surface area contributed by atoms with E-state index in [2.05, 4.69) is 54.8 Å². The summed E-state index contributed by atoms with van der Waals surface area (Å²) in [5, 5.41) is 6.87. The highest BCUT2D eigenvalue weighted by Crippen LogP contribution is 2.41. The van der Waals surface area contributed by atoms with Crippen LogP contribution in [-0.2, 0) is 4.74 Å². The molecule has 0 radical (unpaired) electrons. The van der Waals surface area contributed by atoms with Crippen molar-refractivity contribution >= 4 is 6.09 Å². The summed E-state index contributed by atoms with van der Waals surface area (Å²) in [7, 11) is 0. The van der Waals surface area contributed by atoms with Gasteiger partial charge in [0.15, 0.2) is 0 Å². The third-order valence-corrected chi connectivity index (χ3v) is 5.03. The van der Waals surface area contributed by atoms with E-state index < -0.39 is 5.60 Å². The summed E-state index contributed by atoms with van der Waals surface area (Å²) in [6.07, 6.45) is 3.94. The maximum absolute atomic E-state index is 12.3. The van der Waals surface area contributed by atoms with Crippen LogP contribution in [0.2, 0.25) is 0 Å². The van der Waals surface area contributed by atoms with Gasteiger partial charge in [-0.2, -0.15) is 0 Å². The lowest BCUT2D eigenvalue weighted by molar-refractivity contribution is 0.0443. The van der Waals surface area contributed by atoms with Crippen molar-refractivity contribution in [3.63, 3.8) is 0 Å². The van der Waals surface area contributed by atoms with Crippen molar-refractivity contribution in [1.29, 1.82) is 0 Å². The molecule has 1 saturated carbocycles. The molecule has 2 N–H and O–H groups in total. The molecule has 140 valence electrons. The van der Waals surface area contributed by atoms with Crippen LogP contribution in [0.25, 0.3) is 0 Å². The number of hydrogen-bond donors (Lipinski definition) is 2. The normalized spacial score (nSPS) is 16.4. The fraction of sp³-hybridized carbons (Fsp3) is 0.667. The molecule has 25 heavy (non-hydrogen) atoms. The summed E-state index contributed by atoms with van der Waals surface area (Å²) < 4.78 is 5.47. The zero-order valence-corrected chi connectivity index (χ0v) is 16.4. The van der Waals surface area contributed by atoms with Crippen LogP contribution < -0.4 is 10.6 Å². The molecular formula is C21H34N2O2. The number of carbonyl (C=O) groups excluding carboxylic acids is 1. The van der Waals surface area contributed by atoms with Gasteiger partial charge in [0.2, 0.25) is 0 Å². The van der Waals surface area contributed by atoms with Crippen molar-refractivity contribution in [1.82, 2.24) is 10.6 Å². The second kappa shape index (κ2) is 8.22. The highest BCUT2D eigenvalue weighted by atomic mass is 16.6. The van der Waals surface area contributed by atoms with E-state index in [0.29, 0.717) is 12.0 Å². The number of benzene rings is 1. The van der Waals surface area contributed by atoms with E-state index in [1.165, 1.54) is 18.4 Å². The van der Waals surface area contributed by atoms with Gasteiger partial charge in [0, 0.05) is 12.6 Å². The largest absolute Gasteiger partial charge is 0.444 e. The van der Waals surface area contributed by atoms with Crippen LogP contribution in [0.1, 0.15) is 71.9 Å². The maximum atomic E-state index is 12.3. The fourth-order valence-electron chi connectivity index (χ4n) is 3.19. The van der Waals surface area contributed by atoms with Gasteiger partial charge >= 0.3 is 6.09 Å². The number of nitrogens with one attached hydrogen (secondary N) is 2. The van der Waals surface area contributed by atoms with Crippen LogP contribution >= 0.6 is 0 Å². The summed E-state index contributed by atoms with van der Waals surface area (Å²) in [5.74, 6) is 0.704. The summed E-state index contributed by atoms with van der Waals surface area (Å²) in [6.45, 7) is 10.7. The van der Waals surface area contributed by atoms with E-state index in [1.54, 1.807) is 0 Å². The molecule has 1 aromatic rings. The van der Waals surface area contributed by atoms with Crippen LogP contribution in [0.3, 0.4) is 0 Å². The van der Waals surface area contributed by atoms with Crippen LogP contribution in [-0.4, -0.2) is 23.8 Å². The molecule has 1 unspecified atom stereocenters. The van der Waals surface area contributed by atoms with Crippen LogP contribution in [0, 0.1) is 5.92 Å². The first-order valence-corrected chi connectivity index (χ1v) is 9.58. The summed E-state index contributed by atoms with van der Waals surface area (Å²) in [5.41, 5.74) is 0.568. The zero-order chi connectivity index (χ0) is 18.5.